The van der Waals surface area contributed by atoms with Gasteiger partial charge in [-0.2, -0.15) is 0 Å². The molecule has 1 aromatic rings. The van der Waals surface area contributed by atoms with Crippen LogP contribution in [-0.4, -0.2) is 50.4 Å². The Bertz CT molecular complexity index is 479. The molecule has 2 aliphatic rings. The smallest absolute Gasteiger partial charge is 0.123 e. The molecule has 1 aliphatic carbocycles. The Morgan fingerprint density at radius 2 is 2.29 bits per heavy atom. The quantitative estimate of drug-likeness (QED) is 0.874. The van der Waals surface area contributed by atoms with Gasteiger partial charge in [0.2, 0.25) is 0 Å². The second-order valence-corrected chi connectivity index (χ2v) is 6.24. The lowest BCUT2D eigenvalue weighted by Gasteiger charge is -2.33. The number of rotatable bonds is 6. The van der Waals surface area contributed by atoms with Crippen molar-refractivity contribution < 1.29 is 9.47 Å². The zero-order valence-corrected chi connectivity index (χ0v) is 13.2. The number of hydrogen-bond acceptors (Lipinski definition) is 4. The summed E-state index contributed by atoms with van der Waals surface area (Å²) in [5.74, 6) is 0.871. The number of nitrogens with one attached hydrogen (secondary N) is 1. The topological polar surface area (TPSA) is 33.7 Å². The van der Waals surface area contributed by atoms with Gasteiger partial charge in [0.1, 0.15) is 5.75 Å². The molecule has 1 aromatic carbocycles. The molecule has 1 atom stereocenters. The van der Waals surface area contributed by atoms with E-state index in [1.54, 1.807) is 7.11 Å². The number of methoxy groups -OCH3 is 1. The lowest BCUT2D eigenvalue weighted by molar-refractivity contribution is -0.0301. The summed E-state index contributed by atoms with van der Waals surface area (Å²) in [6.45, 7) is 4.59. The molecule has 1 saturated carbocycles. The summed E-state index contributed by atoms with van der Waals surface area (Å²) in [6, 6.07) is 6.53. The van der Waals surface area contributed by atoms with E-state index >= 15 is 0 Å². The van der Waals surface area contributed by atoms with Crippen LogP contribution in [0.2, 0.25) is 5.02 Å². The highest BCUT2D eigenvalue weighted by molar-refractivity contribution is 6.30. The highest BCUT2D eigenvalue weighted by Crippen LogP contribution is 2.28. The molecule has 0 spiro atoms. The molecule has 116 valence electrons. The van der Waals surface area contributed by atoms with Gasteiger partial charge < -0.3 is 14.8 Å². The number of morpholine rings is 1. The van der Waals surface area contributed by atoms with Crippen molar-refractivity contribution in [2.24, 2.45) is 0 Å². The van der Waals surface area contributed by atoms with Crippen LogP contribution < -0.4 is 10.1 Å². The maximum atomic E-state index is 6.05. The molecular weight excluding hydrogens is 288 g/mol. The molecule has 0 bridgehead atoms. The number of halogens is 1. The summed E-state index contributed by atoms with van der Waals surface area (Å²) in [5, 5.41) is 4.20. The lowest BCUT2D eigenvalue weighted by atomic mass is 10.2. The fourth-order valence-corrected chi connectivity index (χ4v) is 3.08. The number of ether oxygens (including phenoxy) is 2. The molecule has 21 heavy (non-hydrogen) atoms. The van der Waals surface area contributed by atoms with Crippen LogP contribution in [0.5, 0.6) is 5.75 Å². The third kappa shape index (κ3) is 4.10. The molecule has 1 saturated heterocycles. The molecule has 4 nitrogen and oxygen atoms in total. The molecule has 0 radical (unpaired) electrons. The maximum Gasteiger partial charge on any atom is 0.123 e. The van der Waals surface area contributed by atoms with Gasteiger partial charge in [0, 0.05) is 42.8 Å². The summed E-state index contributed by atoms with van der Waals surface area (Å²) in [6.07, 6.45) is 3.00. The predicted molar refractivity (Wildman–Crippen MR) is 84.0 cm³/mol. The van der Waals surface area contributed by atoms with Crippen LogP contribution in [0.1, 0.15) is 18.4 Å². The van der Waals surface area contributed by atoms with Crippen molar-refractivity contribution in [1.82, 2.24) is 10.2 Å². The minimum atomic E-state index is 0.282. The van der Waals surface area contributed by atoms with Crippen molar-refractivity contribution in [1.29, 1.82) is 0 Å². The van der Waals surface area contributed by atoms with E-state index in [1.165, 1.54) is 12.8 Å². The van der Waals surface area contributed by atoms with Gasteiger partial charge in [-0.3, -0.25) is 4.90 Å². The average molecular weight is 311 g/mol. The Kier molecular flexibility index (Phi) is 5.01. The third-order valence-electron chi connectivity index (χ3n) is 4.16. The predicted octanol–water partition coefficient (Wildman–Crippen LogP) is 2.30. The SMILES string of the molecule is COc1ccc(Cl)cc1CNCC1CN(C2CC2)CCO1. The van der Waals surface area contributed by atoms with Crippen molar-refractivity contribution in [2.45, 2.75) is 31.5 Å². The summed E-state index contributed by atoms with van der Waals surface area (Å²) >= 11 is 6.05. The van der Waals surface area contributed by atoms with E-state index in [4.69, 9.17) is 21.1 Å². The van der Waals surface area contributed by atoms with Crippen molar-refractivity contribution in [3.05, 3.63) is 28.8 Å². The van der Waals surface area contributed by atoms with Crippen molar-refractivity contribution in [3.8, 4) is 5.75 Å². The number of benzene rings is 1. The second kappa shape index (κ2) is 6.97. The van der Waals surface area contributed by atoms with Crippen LogP contribution in [0, 0.1) is 0 Å². The Hall–Kier alpha value is -0.810. The van der Waals surface area contributed by atoms with E-state index in [9.17, 15) is 0 Å². The van der Waals surface area contributed by atoms with Crippen LogP contribution in [0.4, 0.5) is 0 Å². The van der Waals surface area contributed by atoms with Crippen LogP contribution >= 0.6 is 11.6 Å². The summed E-state index contributed by atoms with van der Waals surface area (Å²) in [4.78, 5) is 2.57. The third-order valence-corrected chi connectivity index (χ3v) is 4.40. The Morgan fingerprint density at radius 1 is 1.43 bits per heavy atom. The molecule has 5 heteroatoms. The van der Waals surface area contributed by atoms with Crippen LogP contribution in [-0.2, 0) is 11.3 Å². The molecule has 1 unspecified atom stereocenters. The summed E-state index contributed by atoms with van der Waals surface area (Å²) in [5.41, 5.74) is 1.08. The fraction of sp³-hybridized carbons (Fsp3) is 0.625. The Morgan fingerprint density at radius 3 is 3.05 bits per heavy atom. The molecule has 1 N–H and O–H groups in total. The van der Waals surface area contributed by atoms with Crippen molar-refractivity contribution in [3.63, 3.8) is 0 Å². The molecule has 3 rings (SSSR count). The van der Waals surface area contributed by atoms with Gasteiger partial charge in [0.25, 0.3) is 0 Å². The van der Waals surface area contributed by atoms with Gasteiger partial charge in [-0.05, 0) is 31.0 Å². The van der Waals surface area contributed by atoms with E-state index in [0.717, 1.165) is 55.2 Å². The van der Waals surface area contributed by atoms with Gasteiger partial charge in [0.05, 0.1) is 19.8 Å². The highest BCUT2D eigenvalue weighted by atomic mass is 35.5. The first kappa shape index (κ1) is 15.1. The van der Waals surface area contributed by atoms with E-state index in [2.05, 4.69) is 10.2 Å². The molecule has 1 heterocycles. The first-order valence-corrected chi connectivity index (χ1v) is 8.03. The van der Waals surface area contributed by atoms with Crippen LogP contribution in [0.3, 0.4) is 0 Å². The number of nitrogens with zero attached hydrogens (tertiary/aromatic N) is 1. The summed E-state index contributed by atoms with van der Waals surface area (Å²) in [7, 11) is 1.69. The van der Waals surface area contributed by atoms with Gasteiger partial charge in [-0.15, -0.1) is 0 Å². The van der Waals surface area contributed by atoms with Crippen LogP contribution in [0.15, 0.2) is 18.2 Å². The largest absolute Gasteiger partial charge is 0.496 e. The summed E-state index contributed by atoms with van der Waals surface area (Å²) < 4.78 is 11.2. The zero-order valence-electron chi connectivity index (χ0n) is 12.5. The molecule has 0 amide bonds. The molecule has 2 fully saturated rings. The molecule has 1 aliphatic heterocycles. The minimum Gasteiger partial charge on any atom is -0.496 e. The first-order chi connectivity index (χ1) is 10.3. The maximum absolute atomic E-state index is 6.05. The Balaban J connectivity index is 1.48. The number of hydrogen-bond donors (Lipinski definition) is 1. The van der Waals surface area contributed by atoms with Gasteiger partial charge in [0.15, 0.2) is 0 Å². The van der Waals surface area contributed by atoms with Crippen LogP contribution in [0.25, 0.3) is 0 Å². The lowest BCUT2D eigenvalue weighted by Crippen LogP contribution is -2.47. The van der Waals surface area contributed by atoms with E-state index in [0.29, 0.717) is 0 Å². The van der Waals surface area contributed by atoms with Crippen molar-refractivity contribution in [2.75, 3.05) is 33.4 Å². The first-order valence-electron chi connectivity index (χ1n) is 7.65. The van der Waals surface area contributed by atoms with E-state index in [1.807, 2.05) is 18.2 Å². The molecule has 0 aromatic heterocycles. The molecular formula is C16H23ClN2O2. The van der Waals surface area contributed by atoms with Gasteiger partial charge in [-0.25, -0.2) is 0 Å². The fourth-order valence-electron chi connectivity index (χ4n) is 2.89. The minimum absolute atomic E-state index is 0.282. The van der Waals surface area contributed by atoms with E-state index in [-0.39, 0.29) is 6.10 Å². The Labute approximate surface area is 131 Å². The highest BCUT2D eigenvalue weighted by Gasteiger charge is 2.32. The van der Waals surface area contributed by atoms with Gasteiger partial charge >= 0.3 is 0 Å². The average Bonchev–Trinajstić information content (AvgIpc) is 3.33. The normalized spacial score (nSPS) is 23.2. The van der Waals surface area contributed by atoms with Gasteiger partial charge in [-0.1, -0.05) is 11.6 Å². The van der Waals surface area contributed by atoms with Crippen molar-refractivity contribution >= 4 is 11.6 Å². The monoisotopic (exact) mass is 310 g/mol. The second-order valence-electron chi connectivity index (χ2n) is 5.81. The van der Waals surface area contributed by atoms with E-state index < -0.39 is 0 Å². The zero-order chi connectivity index (χ0) is 14.7. The standard InChI is InChI=1S/C16H23ClN2O2/c1-20-16-5-2-13(17)8-12(16)9-18-10-15-11-19(6-7-21-15)14-3-4-14/h2,5,8,14-15,18H,3-4,6-7,9-11H2,1H3.